The number of alkyl halides is 3. The summed E-state index contributed by atoms with van der Waals surface area (Å²) < 4.78 is 44.2. The third-order valence-corrected chi connectivity index (χ3v) is 8.26. The number of anilines is 2. The number of carbonyl (C=O) groups excluding carboxylic acids is 2. The van der Waals surface area contributed by atoms with Crippen molar-refractivity contribution in [2.75, 3.05) is 10.6 Å². The first-order chi connectivity index (χ1) is 20.5. The average Bonchev–Trinajstić information content (AvgIpc) is 3.51. The lowest BCUT2D eigenvalue weighted by Gasteiger charge is -2.15. The fourth-order valence-corrected chi connectivity index (χ4v) is 5.79. The van der Waals surface area contributed by atoms with E-state index in [9.17, 15) is 22.8 Å². The number of amides is 1. The zero-order chi connectivity index (χ0) is 30.3. The van der Waals surface area contributed by atoms with E-state index in [4.69, 9.17) is 0 Å². The molecule has 0 radical (unpaired) electrons. The van der Waals surface area contributed by atoms with Crippen LogP contribution in [0.25, 0.3) is 10.2 Å². The molecule has 3 heterocycles. The van der Waals surface area contributed by atoms with E-state index >= 15 is 0 Å². The van der Waals surface area contributed by atoms with Gasteiger partial charge in [-0.25, -0.2) is 15.0 Å². The quantitative estimate of drug-likeness (QED) is 0.179. The van der Waals surface area contributed by atoms with Crippen LogP contribution >= 0.6 is 11.3 Å². The van der Waals surface area contributed by atoms with Gasteiger partial charge in [0.2, 0.25) is 0 Å². The molecule has 12 heteroatoms. The van der Waals surface area contributed by atoms with Gasteiger partial charge < -0.3 is 15.2 Å². The van der Waals surface area contributed by atoms with Gasteiger partial charge in [0, 0.05) is 41.8 Å². The first-order valence-corrected chi connectivity index (χ1v) is 14.5. The maximum atomic E-state index is 13.9. The van der Waals surface area contributed by atoms with Crippen molar-refractivity contribution in [3.05, 3.63) is 99.7 Å². The Hall–Kier alpha value is -4.58. The van der Waals surface area contributed by atoms with Crippen molar-refractivity contribution in [1.29, 1.82) is 0 Å². The summed E-state index contributed by atoms with van der Waals surface area (Å²) in [7, 11) is 0. The van der Waals surface area contributed by atoms with Gasteiger partial charge in [-0.2, -0.15) is 13.2 Å². The molecule has 0 spiro atoms. The summed E-state index contributed by atoms with van der Waals surface area (Å²) >= 11 is 1.38. The minimum Gasteiger partial charge on any atom is -0.366 e. The topological polar surface area (TPSA) is 102 Å². The van der Waals surface area contributed by atoms with Gasteiger partial charge >= 0.3 is 6.18 Å². The average molecular weight is 605 g/mol. The fourth-order valence-electron chi connectivity index (χ4n) is 4.83. The minimum absolute atomic E-state index is 0.00865. The van der Waals surface area contributed by atoms with E-state index in [0.717, 1.165) is 29.2 Å². The molecule has 0 unspecified atom stereocenters. The molecule has 8 nitrogen and oxygen atoms in total. The lowest BCUT2D eigenvalue weighted by atomic mass is 9.97. The lowest BCUT2D eigenvalue weighted by Crippen LogP contribution is -2.14. The van der Waals surface area contributed by atoms with E-state index in [1.165, 1.54) is 30.1 Å². The van der Waals surface area contributed by atoms with Crippen molar-refractivity contribution in [3.8, 4) is 0 Å². The number of aryl methyl sites for hydroxylation is 2. The van der Waals surface area contributed by atoms with Crippen LogP contribution in [0.3, 0.4) is 0 Å². The lowest BCUT2D eigenvalue weighted by molar-refractivity contribution is -0.138. The molecular weight excluding hydrogens is 577 g/mol. The number of ketones is 1. The van der Waals surface area contributed by atoms with E-state index < -0.39 is 11.7 Å². The van der Waals surface area contributed by atoms with Crippen molar-refractivity contribution < 1.29 is 22.8 Å². The third kappa shape index (κ3) is 6.29. The highest BCUT2D eigenvalue weighted by atomic mass is 32.1. The van der Waals surface area contributed by atoms with Crippen LogP contribution < -0.4 is 10.6 Å². The number of Topliss-reactive ketones (excluding diaryl/α,β-unsaturated/α-hetero) is 1. The predicted octanol–water partition coefficient (Wildman–Crippen LogP) is 6.82. The summed E-state index contributed by atoms with van der Waals surface area (Å²) in [6.07, 6.45) is 1.93. The van der Waals surface area contributed by atoms with E-state index in [1.54, 1.807) is 54.3 Å². The Morgan fingerprint density at radius 1 is 1.07 bits per heavy atom. The van der Waals surface area contributed by atoms with Gasteiger partial charge in [-0.1, -0.05) is 24.3 Å². The molecule has 2 aromatic carbocycles. The molecule has 2 N–H and O–H groups in total. The molecule has 1 aliphatic carbocycles. The number of imidazole rings is 1. The number of hydrogen-bond donors (Lipinski definition) is 2. The molecule has 0 saturated heterocycles. The SMILES string of the molecule is Cc1cn(Cc2ccc(CC(=O)c3ccc(C)c(NC(=O)c4csc5c(NC6CC6)ncnc45)c3)cc2C(F)(F)F)cn1. The molecule has 1 saturated carbocycles. The highest BCUT2D eigenvalue weighted by Crippen LogP contribution is 2.35. The van der Waals surface area contributed by atoms with Gasteiger partial charge in [-0.05, 0) is 55.5 Å². The zero-order valence-corrected chi connectivity index (χ0v) is 24.1. The van der Waals surface area contributed by atoms with Gasteiger partial charge in [0.25, 0.3) is 5.91 Å². The second-order valence-electron chi connectivity index (χ2n) is 10.7. The third-order valence-electron chi connectivity index (χ3n) is 7.28. The molecule has 43 heavy (non-hydrogen) atoms. The van der Waals surface area contributed by atoms with Crippen molar-refractivity contribution in [1.82, 2.24) is 19.5 Å². The molecule has 3 aromatic heterocycles. The number of benzene rings is 2. The largest absolute Gasteiger partial charge is 0.416 e. The number of nitrogens with zero attached hydrogens (tertiary/aromatic N) is 4. The van der Waals surface area contributed by atoms with Gasteiger partial charge in [0.15, 0.2) is 5.78 Å². The van der Waals surface area contributed by atoms with Crippen molar-refractivity contribution in [2.45, 2.75) is 51.9 Å². The van der Waals surface area contributed by atoms with Gasteiger partial charge in [-0.3, -0.25) is 9.59 Å². The normalized spacial score (nSPS) is 13.3. The number of rotatable bonds is 9. The monoisotopic (exact) mass is 604 g/mol. The highest BCUT2D eigenvalue weighted by Gasteiger charge is 2.34. The maximum Gasteiger partial charge on any atom is 0.416 e. The van der Waals surface area contributed by atoms with Crippen LogP contribution in [0.5, 0.6) is 0 Å². The minimum atomic E-state index is -4.59. The predicted molar refractivity (Wildman–Crippen MR) is 159 cm³/mol. The molecule has 6 rings (SSSR count). The van der Waals surface area contributed by atoms with Crippen molar-refractivity contribution >= 4 is 44.7 Å². The number of aromatic nitrogens is 4. The van der Waals surface area contributed by atoms with Crippen molar-refractivity contribution in [3.63, 3.8) is 0 Å². The number of thiophene rings is 1. The van der Waals surface area contributed by atoms with Crippen LogP contribution in [0.4, 0.5) is 24.7 Å². The summed E-state index contributed by atoms with van der Waals surface area (Å²) in [4.78, 5) is 39.2. The fraction of sp³-hybridized carbons (Fsp3) is 0.258. The maximum absolute atomic E-state index is 13.9. The number of halogens is 3. The summed E-state index contributed by atoms with van der Waals surface area (Å²) in [5, 5.41) is 7.97. The molecule has 1 amide bonds. The Morgan fingerprint density at radius 2 is 1.88 bits per heavy atom. The Kier molecular flexibility index (Phi) is 7.47. The first kappa shape index (κ1) is 28.5. The van der Waals surface area contributed by atoms with Gasteiger partial charge in [0.05, 0.1) is 33.4 Å². The zero-order valence-electron chi connectivity index (χ0n) is 23.3. The number of nitrogens with one attached hydrogen (secondary N) is 2. The van der Waals surface area contributed by atoms with Crippen LogP contribution in [0.2, 0.25) is 0 Å². The molecule has 1 fully saturated rings. The summed E-state index contributed by atoms with van der Waals surface area (Å²) in [6.45, 7) is 3.57. The Labute approximate surface area is 249 Å². The standard InChI is InChI=1S/C31H27F3N6O2S/c1-17-3-5-20(11-25(17)39-30(42)23-14-43-28-27(23)35-15-36-29(28)38-22-7-8-22)26(41)10-19-4-6-21(24(9-19)31(32,33)34)13-40-12-18(2)37-16-40/h3-6,9,11-12,14-16,22H,7-8,10,13H2,1-2H3,(H,39,42)(H,35,36,38). The second kappa shape index (κ2) is 11.3. The van der Waals surface area contributed by atoms with Crippen LogP contribution in [0, 0.1) is 13.8 Å². The molecule has 1 aliphatic rings. The van der Waals surface area contributed by atoms with E-state index in [2.05, 4.69) is 25.6 Å². The van der Waals surface area contributed by atoms with E-state index in [-0.39, 0.29) is 41.3 Å². The summed E-state index contributed by atoms with van der Waals surface area (Å²) in [6, 6.07) is 9.23. The summed E-state index contributed by atoms with van der Waals surface area (Å²) in [5.74, 6) is -0.0431. The highest BCUT2D eigenvalue weighted by molar-refractivity contribution is 7.18. The van der Waals surface area contributed by atoms with Crippen molar-refractivity contribution in [2.24, 2.45) is 0 Å². The molecule has 0 atom stereocenters. The van der Waals surface area contributed by atoms with Crippen LogP contribution in [0.1, 0.15) is 61.5 Å². The molecule has 0 bridgehead atoms. The number of carbonyl (C=O) groups is 2. The molecule has 5 aromatic rings. The van der Waals surface area contributed by atoms with E-state index in [0.29, 0.717) is 34.3 Å². The van der Waals surface area contributed by atoms with Crippen LogP contribution in [-0.4, -0.2) is 37.3 Å². The van der Waals surface area contributed by atoms with Crippen LogP contribution in [0.15, 0.2) is 60.6 Å². The molecular formula is C31H27F3N6O2S. The van der Waals surface area contributed by atoms with Gasteiger partial charge in [-0.15, -0.1) is 11.3 Å². The molecule has 0 aliphatic heterocycles. The first-order valence-electron chi connectivity index (χ1n) is 13.7. The van der Waals surface area contributed by atoms with Gasteiger partial charge in [0.1, 0.15) is 12.1 Å². The molecule has 220 valence electrons. The van der Waals surface area contributed by atoms with E-state index in [1.807, 2.05) is 0 Å². The Bertz CT molecular complexity index is 1860. The Balaban J connectivity index is 1.20. The number of hydrogen-bond acceptors (Lipinski definition) is 7. The smallest absolute Gasteiger partial charge is 0.366 e. The number of fused-ring (bicyclic) bond motifs is 1. The second-order valence-corrected chi connectivity index (χ2v) is 11.6. The Morgan fingerprint density at radius 3 is 2.60 bits per heavy atom. The van der Waals surface area contributed by atoms with Crippen LogP contribution in [-0.2, 0) is 19.1 Å². The summed E-state index contributed by atoms with van der Waals surface area (Å²) in [5.41, 5.74) is 2.62.